The number of hydrogen-bond acceptors (Lipinski definition) is 3. The minimum Gasteiger partial charge on any atom is -0.447 e. The maximum atomic E-state index is 11.5. The molecule has 0 saturated carbocycles. The summed E-state index contributed by atoms with van der Waals surface area (Å²) in [6.45, 7) is 7.03. The van der Waals surface area contributed by atoms with Crippen molar-refractivity contribution in [3.8, 4) is 0 Å². The summed E-state index contributed by atoms with van der Waals surface area (Å²) in [4.78, 5) is 11.5. The first kappa shape index (κ1) is 14.5. The second kappa shape index (κ2) is 6.40. The van der Waals surface area contributed by atoms with Crippen molar-refractivity contribution in [3.05, 3.63) is 29.8 Å². The summed E-state index contributed by atoms with van der Waals surface area (Å²) < 4.78 is 9.74. The highest BCUT2D eigenvalue weighted by Gasteiger charge is 2.14. The molecule has 0 aliphatic heterocycles. The van der Waals surface area contributed by atoms with E-state index in [1.54, 1.807) is 7.11 Å². The second-order valence-electron chi connectivity index (χ2n) is 5.08. The van der Waals surface area contributed by atoms with Crippen LogP contribution in [0, 0.1) is 0 Å². The van der Waals surface area contributed by atoms with Crippen LogP contribution in [-0.2, 0) is 14.9 Å². The average Bonchev–Trinajstić information content (AvgIpc) is 2.28. The van der Waals surface area contributed by atoms with E-state index < -0.39 is 6.09 Å². The molecule has 1 rings (SSSR count). The highest BCUT2D eigenvalue weighted by molar-refractivity contribution is 5.84. The molecule has 0 heterocycles. The lowest BCUT2D eigenvalue weighted by Crippen LogP contribution is -2.17. The van der Waals surface area contributed by atoms with Gasteiger partial charge in [-0.25, -0.2) is 4.79 Å². The van der Waals surface area contributed by atoms with Gasteiger partial charge >= 0.3 is 6.09 Å². The number of ether oxygens (including phenoxy) is 2. The third-order valence-corrected chi connectivity index (χ3v) is 2.50. The molecule has 0 bridgehead atoms. The van der Waals surface area contributed by atoms with Crippen LogP contribution in [0.5, 0.6) is 0 Å². The Kier molecular flexibility index (Phi) is 5.16. The fourth-order valence-corrected chi connectivity index (χ4v) is 1.44. The molecule has 0 aliphatic rings. The van der Waals surface area contributed by atoms with E-state index in [0.717, 1.165) is 11.3 Å². The lowest BCUT2D eigenvalue weighted by Gasteiger charge is -2.19. The SMILES string of the molecule is COCCOC(=O)Nc1cccc(C(C)(C)C)c1. The zero-order chi connectivity index (χ0) is 13.6. The normalized spacial score (nSPS) is 11.1. The van der Waals surface area contributed by atoms with Gasteiger partial charge in [0.2, 0.25) is 0 Å². The standard InChI is InChI=1S/C14H21NO3/c1-14(2,3)11-6-5-7-12(10-11)15-13(16)18-9-8-17-4/h5-7,10H,8-9H2,1-4H3,(H,15,16). The molecule has 4 nitrogen and oxygen atoms in total. The first-order chi connectivity index (χ1) is 8.43. The number of methoxy groups -OCH3 is 1. The Bertz CT molecular complexity index is 396. The Morgan fingerprint density at radius 2 is 2.00 bits per heavy atom. The van der Waals surface area contributed by atoms with E-state index in [1.165, 1.54) is 0 Å². The predicted octanol–water partition coefficient (Wildman–Crippen LogP) is 3.18. The summed E-state index contributed by atoms with van der Waals surface area (Å²) in [7, 11) is 1.56. The number of anilines is 1. The van der Waals surface area contributed by atoms with Gasteiger partial charge in [0.1, 0.15) is 6.61 Å². The lowest BCUT2D eigenvalue weighted by atomic mass is 9.87. The van der Waals surface area contributed by atoms with E-state index in [2.05, 4.69) is 26.1 Å². The summed E-state index contributed by atoms with van der Waals surface area (Å²) in [5, 5.41) is 2.70. The molecule has 0 saturated heterocycles. The van der Waals surface area contributed by atoms with E-state index in [4.69, 9.17) is 9.47 Å². The maximum absolute atomic E-state index is 11.5. The zero-order valence-corrected chi connectivity index (χ0v) is 11.4. The minimum atomic E-state index is -0.460. The third-order valence-electron chi connectivity index (χ3n) is 2.50. The third kappa shape index (κ3) is 4.75. The van der Waals surface area contributed by atoms with Gasteiger partial charge in [-0.2, -0.15) is 0 Å². The van der Waals surface area contributed by atoms with Gasteiger partial charge in [0.25, 0.3) is 0 Å². The number of carbonyl (C=O) groups excluding carboxylic acids is 1. The average molecular weight is 251 g/mol. The molecule has 0 spiro atoms. The zero-order valence-electron chi connectivity index (χ0n) is 11.4. The first-order valence-electron chi connectivity index (χ1n) is 5.97. The van der Waals surface area contributed by atoms with Crippen molar-refractivity contribution in [2.45, 2.75) is 26.2 Å². The van der Waals surface area contributed by atoms with Gasteiger partial charge in [0.15, 0.2) is 0 Å². The summed E-state index contributed by atoms with van der Waals surface area (Å²) >= 11 is 0. The number of nitrogens with one attached hydrogen (secondary N) is 1. The number of benzene rings is 1. The molecular formula is C14H21NO3. The van der Waals surface area contributed by atoms with Gasteiger partial charge in [0, 0.05) is 12.8 Å². The van der Waals surface area contributed by atoms with Gasteiger partial charge in [0.05, 0.1) is 6.61 Å². The van der Waals surface area contributed by atoms with Gasteiger partial charge < -0.3 is 9.47 Å². The van der Waals surface area contributed by atoms with Crippen molar-refractivity contribution in [2.24, 2.45) is 0 Å². The van der Waals surface area contributed by atoms with Crippen molar-refractivity contribution in [1.29, 1.82) is 0 Å². The molecule has 0 unspecified atom stereocenters. The summed E-state index contributed by atoms with van der Waals surface area (Å²) in [5.41, 5.74) is 1.96. The van der Waals surface area contributed by atoms with Crippen LogP contribution in [0.25, 0.3) is 0 Å². The Morgan fingerprint density at radius 3 is 2.61 bits per heavy atom. The van der Waals surface area contributed by atoms with Crippen LogP contribution in [-0.4, -0.2) is 26.4 Å². The smallest absolute Gasteiger partial charge is 0.411 e. The molecule has 0 aliphatic carbocycles. The van der Waals surface area contributed by atoms with Crippen LogP contribution >= 0.6 is 0 Å². The van der Waals surface area contributed by atoms with Crippen LogP contribution in [0.2, 0.25) is 0 Å². The molecule has 1 N–H and O–H groups in total. The van der Waals surface area contributed by atoms with Crippen molar-refractivity contribution in [2.75, 3.05) is 25.6 Å². The number of amides is 1. The van der Waals surface area contributed by atoms with Gasteiger partial charge in [-0.3, -0.25) is 5.32 Å². The van der Waals surface area contributed by atoms with E-state index in [0.29, 0.717) is 6.61 Å². The monoisotopic (exact) mass is 251 g/mol. The van der Waals surface area contributed by atoms with Gasteiger partial charge in [-0.15, -0.1) is 0 Å². The maximum Gasteiger partial charge on any atom is 0.411 e. The first-order valence-corrected chi connectivity index (χ1v) is 5.97. The molecular weight excluding hydrogens is 230 g/mol. The Hall–Kier alpha value is -1.55. The summed E-state index contributed by atoms with van der Waals surface area (Å²) in [5.74, 6) is 0. The van der Waals surface area contributed by atoms with Crippen molar-refractivity contribution >= 4 is 11.8 Å². The summed E-state index contributed by atoms with van der Waals surface area (Å²) in [6.07, 6.45) is -0.460. The molecule has 0 aromatic heterocycles. The molecule has 0 atom stereocenters. The van der Waals surface area contributed by atoms with E-state index >= 15 is 0 Å². The van der Waals surface area contributed by atoms with Crippen LogP contribution in [0.15, 0.2) is 24.3 Å². The van der Waals surface area contributed by atoms with Crippen molar-refractivity contribution in [1.82, 2.24) is 0 Å². The van der Waals surface area contributed by atoms with Crippen molar-refractivity contribution in [3.63, 3.8) is 0 Å². The van der Waals surface area contributed by atoms with Crippen LogP contribution < -0.4 is 5.32 Å². The molecule has 1 amide bonds. The van der Waals surface area contributed by atoms with Crippen LogP contribution in [0.3, 0.4) is 0 Å². The highest BCUT2D eigenvalue weighted by atomic mass is 16.6. The van der Waals surface area contributed by atoms with Gasteiger partial charge in [-0.1, -0.05) is 32.9 Å². The molecule has 0 fully saturated rings. The van der Waals surface area contributed by atoms with Gasteiger partial charge in [-0.05, 0) is 23.1 Å². The van der Waals surface area contributed by atoms with E-state index in [9.17, 15) is 4.79 Å². The minimum absolute atomic E-state index is 0.0532. The number of rotatable bonds is 4. The highest BCUT2D eigenvalue weighted by Crippen LogP contribution is 2.24. The molecule has 18 heavy (non-hydrogen) atoms. The molecule has 4 heteroatoms. The molecule has 1 aromatic carbocycles. The van der Waals surface area contributed by atoms with Crippen LogP contribution in [0.4, 0.5) is 10.5 Å². The Morgan fingerprint density at radius 1 is 1.28 bits per heavy atom. The molecule has 1 aromatic rings. The lowest BCUT2D eigenvalue weighted by molar-refractivity contribution is 0.107. The topological polar surface area (TPSA) is 47.6 Å². The van der Waals surface area contributed by atoms with E-state index in [1.807, 2.05) is 24.3 Å². The largest absolute Gasteiger partial charge is 0.447 e. The van der Waals surface area contributed by atoms with E-state index in [-0.39, 0.29) is 12.0 Å². The molecule has 100 valence electrons. The van der Waals surface area contributed by atoms with Crippen molar-refractivity contribution < 1.29 is 14.3 Å². The summed E-state index contributed by atoms with van der Waals surface area (Å²) in [6, 6.07) is 7.76. The molecule has 0 radical (unpaired) electrons. The number of carbonyl (C=O) groups is 1. The predicted molar refractivity (Wildman–Crippen MR) is 72.0 cm³/mol. The second-order valence-corrected chi connectivity index (χ2v) is 5.08. The van der Waals surface area contributed by atoms with Crippen LogP contribution in [0.1, 0.15) is 26.3 Å². The fraction of sp³-hybridized carbons (Fsp3) is 0.500. The fourth-order valence-electron chi connectivity index (χ4n) is 1.44. The number of hydrogen-bond donors (Lipinski definition) is 1. The Balaban J connectivity index is 2.60. The quantitative estimate of drug-likeness (QED) is 0.836. The Labute approximate surface area is 108 Å².